The highest BCUT2D eigenvalue weighted by molar-refractivity contribution is 5.81. The summed E-state index contributed by atoms with van der Waals surface area (Å²) in [6.45, 7) is -2.97. The minimum Gasteiger partial charge on any atom is -0.480 e. The van der Waals surface area contributed by atoms with Gasteiger partial charge in [-0.2, -0.15) is 0 Å². The predicted molar refractivity (Wildman–Crippen MR) is 108 cm³/mol. The van der Waals surface area contributed by atoms with Crippen molar-refractivity contribution in [1.82, 2.24) is 9.80 Å². The van der Waals surface area contributed by atoms with Gasteiger partial charge in [-0.3, -0.25) is 29.0 Å². The van der Waals surface area contributed by atoms with E-state index < -0.39 is 55.7 Å². The minimum absolute atomic E-state index is 0.158. The Kier molecular flexibility index (Phi) is 9.86. The van der Waals surface area contributed by atoms with E-state index in [1.807, 2.05) is 0 Å². The summed E-state index contributed by atoms with van der Waals surface area (Å²) >= 11 is 0. The summed E-state index contributed by atoms with van der Waals surface area (Å²) in [5.41, 5.74) is 4.80. The van der Waals surface area contributed by atoms with Crippen molar-refractivity contribution in [3.63, 3.8) is 0 Å². The van der Waals surface area contributed by atoms with Gasteiger partial charge in [0, 0.05) is 31.8 Å². The van der Waals surface area contributed by atoms with E-state index in [4.69, 9.17) is 15.9 Å². The number of aliphatic hydroxyl groups excluding tert-OH is 1. The molecule has 0 aliphatic carbocycles. The smallest absolute Gasteiger partial charge is 0.324 e. The number of aliphatic carboxylic acids is 4. The second kappa shape index (κ2) is 11.8. The third kappa shape index (κ3) is 8.20. The van der Waals surface area contributed by atoms with Gasteiger partial charge in [-0.1, -0.05) is 12.1 Å². The lowest BCUT2D eigenvalue weighted by atomic mass is 9.85. The summed E-state index contributed by atoms with van der Waals surface area (Å²) in [7, 11) is 0. The monoisotopic (exact) mass is 441 g/mol. The number of hydrogen-bond donors (Lipinski definition) is 6. The fraction of sp³-hybridized carbons (Fsp3) is 0.474. The second-order valence-corrected chi connectivity index (χ2v) is 7.04. The number of nitrogens with two attached hydrogens (primary N) is 1. The summed E-state index contributed by atoms with van der Waals surface area (Å²) in [5.74, 6) is -5.27. The van der Waals surface area contributed by atoms with Gasteiger partial charge in [-0.05, 0) is 24.1 Å². The van der Waals surface area contributed by atoms with Crippen molar-refractivity contribution in [2.24, 2.45) is 0 Å². The highest BCUT2D eigenvalue weighted by Crippen LogP contribution is 2.26. The molecule has 0 saturated heterocycles. The molecule has 12 heteroatoms. The van der Waals surface area contributed by atoms with Crippen LogP contribution in [0.25, 0.3) is 0 Å². The van der Waals surface area contributed by atoms with Gasteiger partial charge in [0.25, 0.3) is 0 Å². The van der Waals surface area contributed by atoms with Crippen LogP contribution in [-0.4, -0.2) is 104 Å². The lowest BCUT2D eigenvalue weighted by Crippen LogP contribution is -2.60. The maximum Gasteiger partial charge on any atom is 0.324 e. The normalized spacial score (nSPS) is 13.1. The Bertz CT molecular complexity index is 768. The van der Waals surface area contributed by atoms with E-state index >= 15 is 0 Å². The maximum absolute atomic E-state index is 12.3. The molecule has 0 fully saturated rings. The van der Waals surface area contributed by atoms with Gasteiger partial charge >= 0.3 is 23.9 Å². The number of benzene rings is 1. The van der Waals surface area contributed by atoms with Crippen molar-refractivity contribution in [3.8, 4) is 0 Å². The quantitative estimate of drug-likeness (QED) is 0.179. The molecule has 0 aliphatic heterocycles. The maximum atomic E-state index is 12.3. The number of hydrogen-bond acceptors (Lipinski definition) is 8. The lowest BCUT2D eigenvalue weighted by Gasteiger charge is -2.40. The van der Waals surface area contributed by atoms with E-state index in [0.29, 0.717) is 11.3 Å². The summed E-state index contributed by atoms with van der Waals surface area (Å²) < 4.78 is 0. The van der Waals surface area contributed by atoms with E-state index in [2.05, 4.69) is 0 Å². The van der Waals surface area contributed by atoms with Crippen molar-refractivity contribution in [2.75, 3.05) is 45.1 Å². The van der Waals surface area contributed by atoms with Gasteiger partial charge in [0.2, 0.25) is 0 Å². The van der Waals surface area contributed by atoms with Crippen molar-refractivity contribution in [2.45, 2.75) is 18.4 Å². The number of nitrogens with zero attached hydrogens (tertiary/aromatic N) is 2. The molecule has 1 unspecified atom stereocenters. The van der Waals surface area contributed by atoms with Crippen LogP contribution in [0.2, 0.25) is 0 Å². The lowest BCUT2D eigenvalue weighted by molar-refractivity contribution is -0.157. The largest absolute Gasteiger partial charge is 0.480 e. The first kappa shape index (κ1) is 25.8. The van der Waals surface area contributed by atoms with Crippen molar-refractivity contribution < 1.29 is 44.7 Å². The first-order valence-electron chi connectivity index (χ1n) is 9.31. The first-order chi connectivity index (χ1) is 14.5. The number of aliphatic hydroxyl groups is 1. The van der Waals surface area contributed by atoms with Crippen LogP contribution in [0.5, 0.6) is 0 Å². The molecule has 0 spiro atoms. The van der Waals surface area contributed by atoms with Gasteiger partial charge in [0.05, 0.1) is 19.6 Å². The first-order valence-corrected chi connectivity index (χ1v) is 9.31. The number of nitrogen functional groups attached to an aromatic ring is 1. The Balaban J connectivity index is 3.27. The van der Waals surface area contributed by atoms with E-state index in [-0.39, 0.29) is 25.9 Å². The molecule has 0 bridgehead atoms. The van der Waals surface area contributed by atoms with Gasteiger partial charge in [0.1, 0.15) is 5.54 Å². The summed E-state index contributed by atoms with van der Waals surface area (Å²) in [5, 5.41) is 46.9. The number of anilines is 1. The van der Waals surface area contributed by atoms with Crippen LogP contribution >= 0.6 is 0 Å². The molecule has 12 nitrogen and oxygen atoms in total. The summed E-state index contributed by atoms with van der Waals surface area (Å²) in [6.07, 6.45) is -0.466. The predicted octanol–water partition coefficient (Wildman–Crippen LogP) is -1.13. The van der Waals surface area contributed by atoms with Crippen LogP contribution in [0.4, 0.5) is 5.69 Å². The molecule has 1 rings (SSSR count). The third-order valence-electron chi connectivity index (χ3n) is 4.74. The molecule has 31 heavy (non-hydrogen) atoms. The van der Waals surface area contributed by atoms with Gasteiger partial charge in [-0.25, -0.2) is 0 Å². The van der Waals surface area contributed by atoms with Crippen molar-refractivity contribution in [1.29, 1.82) is 0 Å². The van der Waals surface area contributed by atoms with Gasteiger partial charge < -0.3 is 31.3 Å². The fourth-order valence-electron chi connectivity index (χ4n) is 3.30. The molecular weight excluding hydrogens is 414 g/mol. The van der Waals surface area contributed by atoms with E-state index in [1.165, 1.54) is 0 Å². The molecule has 1 aromatic rings. The Morgan fingerprint density at radius 1 is 0.839 bits per heavy atom. The Morgan fingerprint density at radius 3 is 1.77 bits per heavy atom. The summed E-state index contributed by atoms with van der Waals surface area (Å²) in [4.78, 5) is 48.0. The summed E-state index contributed by atoms with van der Waals surface area (Å²) in [6, 6.07) is 6.29. The van der Waals surface area contributed by atoms with Crippen LogP contribution in [0.1, 0.15) is 12.0 Å². The second-order valence-electron chi connectivity index (χ2n) is 7.04. The Labute approximate surface area is 178 Å². The standard InChI is InChI=1S/C19H27N3O9/c20-14-3-1-13(2-4-14)9-19(5-8-23,18(30)31)22(12-17(28)29)7-6-21(10-15(24)25)11-16(26)27/h1-4,23H,5-12,20H2,(H,24,25)(H,26,27)(H,28,29)(H,30,31). The molecule has 1 atom stereocenters. The highest BCUT2D eigenvalue weighted by atomic mass is 16.4. The molecule has 0 saturated carbocycles. The van der Waals surface area contributed by atoms with E-state index in [0.717, 1.165) is 9.80 Å². The average Bonchev–Trinajstić information content (AvgIpc) is 2.64. The van der Waals surface area contributed by atoms with E-state index in [1.54, 1.807) is 24.3 Å². The highest BCUT2D eigenvalue weighted by Gasteiger charge is 2.44. The molecule has 0 heterocycles. The van der Waals surface area contributed by atoms with Crippen molar-refractivity contribution in [3.05, 3.63) is 29.8 Å². The van der Waals surface area contributed by atoms with Gasteiger partial charge in [-0.15, -0.1) is 0 Å². The average molecular weight is 441 g/mol. The number of carboxylic acid groups (broad SMARTS) is 4. The molecule has 0 aromatic heterocycles. The Morgan fingerprint density at radius 2 is 1.35 bits per heavy atom. The van der Waals surface area contributed by atoms with Crippen LogP contribution in [-0.2, 0) is 25.6 Å². The zero-order valence-electron chi connectivity index (χ0n) is 16.8. The molecule has 0 radical (unpaired) electrons. The molecular formula is C19H27N3O9. The molecule has 7 N–H and O–H groups in total. The molecule has 172 valence electrons. The fourth-order valence-corrected chi connectivity index (χ4v) is 3.30. The molecule has 1 aromatic carbocycles. The zero-order chi connectivity index (χ0) is 23.6. The number of carbonyl (C=O) groups is 4. The number of carboxylic acids is 4. The van der Waals surface area contributed by atoms with Crippen LogP contribution in [0, 0.1) is 0 Å². The SMILES string of the molecule is Nc1ccc(CC(CCO)(C(=O)O)N(CCN(CC(=O)O)CC(=O)O)CC(=O)O)cc1. The molecule has 0 aliphatic rings. The van der Waals surface area contributed by atoms with E-state index in [9.17, 15) is 34.5 Å². The van der Waals surface area contributed by atoms with Crippen LogP contribution in [0.3, 0.4) is 0 Å². The van der Waals surface area contributed by atoms with Crippen LogP contribution < -0.4 is 5.73 Å². The minimum atomic E-state index is -1.83. The zero-order valence-corrected chi connectivity index (χ0v) is 16.8. The molecule has 0 amide bonds. The third-order valence-corrected chi connectivity index (χ3v) is 4.74. The van der Waals surface area contributed by atoms with Crippen LogP contribution in [0.15, 0.2) is 24.3 Å². The van der Waals surface area contributed by atoms with Gasteiger partial charge in [0.15, 0.2) is 0 Å². The topological polar surface area (TPSA) is 202 Å². The van der Waals surface area contributed by atoms with Crippen molar-refractivity contribution >= 4 is 29.6 Å². The Hall–Kier alpha value is -3.22. The number of rotatable bonds is 15.